The summed E-state index contributed by atoms with van der Waals surface area (Å²) in [5.74, 6) is 1.45. The fraction of sp³-hybridized carbons (Fsp3) is 0.250. The Bertz CT molecular complexity index is 340. The van der Waals surface area contributed by atoms with Gasteiger partial charge < -0.3 is 4.74 Å². The molecule has 1 amide bonds. The van der Waals surface area contributed by atoms with Crippen LogP contribution in [0.25, 0.3) is 0 Å². The number of carbonyl (C=O) groups excluding carboxylic acids is 1. The first-order chi connectivity index (χ1) is 6.26. The molecule has 0 aromatic carbocycles. The van der Waals surface area contributed by atoms with E-state index in [9.17, 15) is 4.79 Å². The van der Waals surface area contributed by atoms with E-state index in [2.05, 4.69) is 10.3 Å². The molecular formula is C8H8N2O2S. The highest BCUT2D eigenvalue weighted by Gasteiger charge is 2.03. The molecule has 1 aromatic rings. The molecule has 0 saturated heterocycles. The lowest BCUT2D eigenvalue weighted by Gasteiger charge is -1.93. The molecule has 4 nitrogen and oxygen atoms in total. The van der Waals surface area contributed by atoms with Crippen LogP contribution in [0.2, 0.25) is 0 Å². The van der Waals surface area contributed by atoms with E-state index in [1.165, 1.54) is 11.3 Å². The van der Waals surface area contributed by atoms with Crippen molar-refractivity contribution in [3.63, 3.8) is 0 Å². The van der Waals surface area contributed by atoms with E-state index in [1.807, 2.05) is 5.92 Å². The summed E-state index contributed by atoms with van der Waals surface area (Å²) in [5.41, 5.74) is 0.778. The number of rotatable bonds is 3. The molecule has 1 heterocycles. The minimum absolute atomic E-state index is 0.433. The van der Waals surface area contributed by atoms with Crippen molar-refractivity contribution in [3.05, 3.63) is 11.1 Å². The second kappa shape index (κ2) is 4.60. The Morgan fingerprint density at radius 1 is 1.92 bits per heavy atom. The molecule has 1 aromatic heterocycles. The van der Waals surface area contributed by atoms with Gasteiger partial charge in [-0.3, -0.25) is 10.1 Å². The number of terminal acetylenes is 1. The van der Waals surface area contributed by atoms with Gasteiger partial charge in [-0.25, -0.2) is 4.98 Å². The van der Waals surface area contributed by atoms with Gasteiger partial charge in [0.25, 0.3) is 0 Å². The largest absolute Gasteiger partial charge is 0.378 e. The number of hydrogen-bond donors (Lipinski definition) is 1. The van der Waals surface area contributed by atoms with E-state index in [0.29, 0.717) is 11.7 Å². The van der Waals surface area contributed by atoms with Crippen molar-refractivity contribution in [1.29, 1.82) is 0 Å². The first-order valence-electron chi connectivity index (χ1n) is 3.47. The number of anilines is 1. The van der Waals surface area contributed by atoms with Crippen LogP contribution >= 0.6 is 11.3 Å². The summed E-state index contributed by atoms with van der Waals surface area (Å²) in [6.07, 6.45) is 4.88. The van der Waals surface area contributed by atoms with Gasteiger partial charge in [-0.1, -0.05) is 0 Å². The van der Waals surface area contributed by atoms with Crippen molar-refractivity contribution < 1.29 is 9.53 Å². The van der Waals surface area contributed by atoms with Crippen molar-refractivity contribution in [3.8, 4) is 12.3 Å². The lowest BCUT2D eigenvalue weighted by molar-refractivity contribution is -0.111. The highest BCUT2D eigenvalue weighted by molar-refractivity contribution is 7.13. The van der Waals surface area contributed by atoms with Gasteiger partial charge in [-0.05, 0) is 5.92 Å². The number of methoxy groups -OCH3 is 1. The number of ether oxygens (including phenoxy) is 1. The molecule has 0 saturated carbocycles. The Morgan fingerprint density at radius 2 is 2.69 bits per heavy atom. The van der Waals surface area contributed by atoms with Crippen molar-refractivity contribution in [2.24, 2.45) is 0 Å². The van der Waals surface area contributed by atoms with Crippen LogP contribution in [0.1, 0.15) is 5.69 Å². The van der Waals surface area contributed by atoms with Gasteiger partial charge in [0.1, 0.15) is 0 Å². The van der Waals surface area contributed by atoms with Gasteiger partial charge in [0.2, 0.25) is 0 Å². The SMILES string of the molecule is C#CC(=O)Nc1nc(COC)cs1. The number of thiazole rings is 1. The second-order valence-corrected chi connectivity index (χ2v) is 3.03. The molecular weight excluding hydrogens is 188 g/mol. The van der Waals surface area contributed by atoms with Crippen LogP contribution in [-0.4, -0.2) is 18.0 Å². The zero-order valence-electron chi connectivity index (χ0n) is 7.03. The monoisotopic (exact) mass is 196 g/mol. The molecule has 0 aliphatic rings. The van der Waals surface area contributed by atoms with E-state index in [-0.39, 0.29) is 0 Å². The molecule has 0 fully saturated rings. The fourth-order valence-electron chi connectivity index (χ4n) is 0.712. The second-order valence-electron chi connectivity index (χ2n) is 2.18. The number of nitrogens with one attached hydrogen (secondary N) is 1. The zero-order chi connectivity index (χ0) is 9.68. The number of carbonyl (C=O) groups is 1. The third kappa shape index (κ3) is 2.86. The Balaban J connectivity index is 2.59. The van der Waals surface area contributed by atoms with Crippen LogP contribution in [-0.2, 0) is 16.1 Å². The van der Waals surface area contributed by atoms with E-state index < -0.39 is 5.91 Å². The lowest BCUT2D eigenvalue weighted by atomic mass is 10.5. The quantitative estimate of drug-likeness (QED) is 0.729. The van der Waals surface area contributed by atoms with Gasteiger partial charge in [0.15, 0.2) is 5.13 Å². The van der Waals surface area contributed by atoms with E-state index in [0.717, 1.165) is 5.69 Å². The summed E-state index contributed by atoms with van der Waals surface area (Å²) in [6.45, 7) is 0.433. The highest BCUT2D eigenvalue weighted by atomic mass is 32.1. The summed E-state index contributed by atoms with van der Waals surface area (Å²) in [6, 6.07) is 0. The number of nitrogens with zero attached hydrogens (tertiary/aromatic N) is 1. The summed E-state index contributed by atoms with van der Waals surface area (Å²) >= 11 is 1.31. The minimum atomic E-state index is -0.488. The average Bonchev–Trinajstić information content (AvgIpc) is 2.53. The van der Waals surface area contributed by atoms with Crippen LogP contribution in [0.3, 0.4) is 0 Å². The summed E-state index contributed by atoms with van der Waals surface area (Å²) < 4.78 is 4.86. The molecule has 68 valence electrons. The molecule has 13 heavy (non-hydrogen) atoms. The van der Waals surface area contributed by atoms with Gasteiger partial charge in [0.05, 0.1) is 12.3 Å². The summed E-state index contributed by atoms with van der Waals surface area (Å²) in [4.78, 5) is 14.8. The molecule has 1 N–H and O–H groups in total. The molecule has 0 bridgehead atoms. The number of hydrogen-bond acceptors (Lipinski definition) is 4. The predicted octanol–water partition coefficient (Wildman–Crippen LogP) is 0.861. The Morgan fingerprint density at radius 3 is 3.31 bits per heavy atom. The molecule has 0 spiro atoms. The van der Waals surface area contributed by atoms with E-state index in [1.54, 1.807) is 12.5 Å². The Kier molecular flexibility index (Phi) is 3.43. The van der Waals surface area contributed by atoms with Gasteiger partial charge in [0, 0.05) is 12.5 Å². The summed E-state index contributed by atoms with van der Waals surface area (Å²) in [7, 11) is 1.58. The first kappa shape index (κ1) is 9.71. The molecule has 0 aliphatic carbocycles. The number of amides is 1. The van der Waals surface area contributed by atoms with E-state index >= 15 is 0 Å². The Labute approximate surface area is 79.9 Å². The van der Waals surface area contributed by atoms with E-state index in [4.69, 9.17) is 11.2 Å². The van der Waals surface area contributed by atoms with Crippen molar-refractivity contribution in [1.82, 2.24) is 4.98 Å². The maximum absolute atomic E-state index is 10.7. The van der Waals surface area contributed by atoms with Gasteiger partial charge in [-0.2, -0.15) is 0 Å². The van der Waals surface area contributed by atoms with Crippen molar-refractivity contribution in [2.75, 3.05) is 12.4 Å². The van der Waals surface area contributed by atoms with Crippen LogP contribution in [0.15, 0.2) is 5.38 Å². The molecule has 1 rings (SSSR count). The first-order valence-corrected chi connectivity index (χ1v) is 4.35. The lowest BCUT2D eigenvalue weighted by Crippen LogP contribution is -2.07. The Hall–Kier alpha value is -1.38. The molecule has 0 unspecified atom stereocenters. The van der Waals surface area contributed by atoms with Gasteiger partial charge in [-0.15, -0.1) is 17.8 Å². The average molecular weight is 196 g/mol. The molecule has 0 radical (unpaired) electrons. The van der Waals surface area contributed by atoms with Crippen LogP contribution in [0.5, 0.6) is 0 Å². The highest BCUT2D eigenvalue weighted by Crippen LogP contribution is 2.15. The molecule has 5 heteroatoms. The third-order valence-electron chi connectivity index (χ3n) is 1.20. The maximum atomic E-state index is 10.7. The normalized spacial score (nSPS) is 9.23. The molecule has 0 atom stereocenters. The predicted molar refractivity (Wildman–Crippen MR) is 50.3 cm³/mol. The molecule has 0 aliphatic heterocycles. The van der Waals surface area contributed by atoms with Gasteiger partial charge >= 0.3 is 5.91 Å². The minimum Gasteiger partial charge on any atom is -0.378 e. The van der Waals surface area contributed by atoms with Crippen LogP contribution < -0.4 is 5.32 Å². The topological polar surface area (TPSA) is 51.2 Å². The van der Waals surface area contributed by atoms with Crippen LogP contribution in [0.4, 0.5) is 5.13 Å². The van der Waals surface area contributed by atoms with Crippen molar-refractivity contribution >= 4 is 22.4 Å². The zero-order valence-corrected chi connectivity index (χ0v) is 7.85. The standard InChI is InChI=1S/C8H8N2O2S/c1-3-7(11)10-8-9-6(4-12-2)5-13-8/h1,5H,4H2,2H3,(H,9,10,11). The van der Waals surface area contributed by atoms with Crippen LogP contribution in [0, 0.1) is 12.3 Å². The third-order valence-corrected chi connectivity index (χ3v) is 2.00. The smallest absolute Gasteiger partial charge is 0.301 e. The maximum Gasteiger partial charge on any atom is 0.301 e. The summed E-state index contributed by atoms with van der Waals surface area (Å²) in [5, 5.41) is 4.74. The fourth-order valence-corrected chi connectivity index (χ4v) is 1.40. The van der Waals surface area contributed by atoms with Crippen molar-refractivity contribution in [2.45, 2.75) is 6.61 Å². The number of aromatic nitrogens is 1.